The van der Waals surface area contributed by atoms with Gasteiger partial charge in [-0.2, -0.15) is 0 Å². The lowest BCUT2D eigenvalue weighted by Crippen LogP contribution is -2.35. The van der Waals surface area contributed by atoms with Crippen molar-refractivity contribution in [2.75, 3.05) is 13.1 Å². The van der Waals surface area contributed by atoms with E-state index in [1.165, 1.54) is 50.8 Å². The van der Waals surface area contributed by atoms with E-state index in [-0.39, 0.29) is 5.56 Å². The van der Waals surface area contributed by atoms with Crippen LogP contribution >= 0.6 is 0 Å². The number of H-pyrrole nitrogens is 1. The molecular formula is C15H24N2O. The van der Waals surface area contributed by atoms with Crippen molar-refractivity contribution in [2.24, 2.45) is 0 Å². The van der Waals surface area contributed by atoms with Crippen molar-refractivity contribution in [3.8, 4) is 0 Å². The molecular weight excluding hydrogens is 224 g/mol. The van der Waals surface area contributed by atoms with E-state index in [0.717, 1.165) is 5.69 Å². The molecule has 100 valence electrons. The SMILES string of the molecule is CCCCN1CCCCC1c1ccc(=O)[nH]c1C. The molecule has 0 aliphatic carbocycles. The molecule has 1 saturated heterocycles. The summed E-state index contributed by atoms with van der Waals surface area (Å²) in [5.74, 6) is 0. The van der Waals surface area contributed by atoms with Crippen LogP contribution in [0.15, 0.2) is 16.9 Å². The fourth-order valence-corrected chi connectivity index (χ4v) is 2.92. The zero-order valence-electron chi connectivity index (χ0n) is 11.5. The first kappa shape index (κ1) is 13.3. The maximum Gasteiger partial charge on any atom is 0.248 e. The van der Waals surface area contributed by atoms with Crippen LogP contribution in [0.4, 0.5) is 0 Å². The van der Waals surface area contributed by atoms with Crippen LogP contribution in [0.1, 0.15) is 56.3 Å². The van der Waals surface area contributed by atoms with E-state index in [1.54, 1.807) is 6.07 Å². The van der Waals surface area contributed by atoms with Gasteiger partial charge in [0, 0.05) is 17.8 Å². The minimum Gasteiger partial charge on any atom is -0.326 e. The van der Waals surface area contributed by atoms with Gasteiger partial charge in [0.25, 0.3) is 0 Å². The van der Waals surface area contributed by atoms with Crippen LogP contribution in [0.3, 0.4) is 0 Å². The molecule has 1 atom stereocenters. The average molecular weight is 248 g/mol. The normalized spacial score (nSPS) is 21.1. The first-order valence-corrected chi connectivity index (χ1v) is 7.16. The maximum atomic E-state index is 11.3. The number of hydrogen-bond acceptors (Lipinski definition) is 2. The number of aromatic amines is 1. The van der Waals surface area contributed by atoms with Gasteiger partial charge in [-0.05, 0) is 44.8 Å². The van der Waals surface area contributed by atoms with Crippen molar-refractivity contribution in [1.82, 2.24) is 9.88 Å². The van der Waals surface area contributed by atoms with Crippen LogP contribution in [0, 0.1) is 6.92 Å². The van der Waals surface area contributed by atoms with Gasteiger partial charge in [0.05, 0.1) is 0 Å². The molecule has 2 heterocycles. The van der Waals surface area contributed by atoms with Crippen LogP contribution in [-0.4, -0.2) is 23.0 Å². The quantitative estimate of drug-likeness (QED) is 0.889. The highest BCUT2D eigenvalue weighted by molar-refractivity contribution is 5.23. The van der Waals surface area contributed by atoms with E-state index < -0.39 is 0 Å². The first-order chi connectivity index (χ1) is 8.72. The minimum atomic E-state index is 0.00664. The molecule has 1 aromatic rings. The van der Waals surface area contributed by atoms with Gasteiger partial charge in [-0.25, -0.2) is 0 Å². The van der Waals surface area contributed by atoms with Crippen molar-refractivity contribution in [1.29, 1.82) is 0 Å². The monoisotopic (exact) mass is 248 g/mol. The van der Waals surface area contributed by atoms with E-state index >= 15 is 0 Å². The number of piperidine rings is 1. The summed E-state index contributed by atoms with van der Waals surface area (Å²) in [6.07, 6.45) is 6.33. The Balaban J connectivity index is 2.19. The van der Waals surface area contributed by atoms with Crippen LogP contribution < -0.4 is 5.56 Å². The van der Waals surface area contributed by atoms with Gasteiger partial charge in [0.15, 0.2) is 0 Å². The Morgan fingerprint density at radius 3 is 2.94 bits per heavy atom. The Kier molecular flexibility index (Phi) is 4.59. The first-order valence-electron chi connectivity index (χ1n) is 7.16. The van der Waals surface area contributed by atoms with Crippen LogP contribution in [0.5, 0.6) is 0 Å². The Labute approximate surface area is 109 Å². The van der Waals surface area contributed by atoms with Crippen molar-refractivity contribution in [3.63, 3.8) is 0 Å². The largest absolute Gasteiger partial charge is 0.326 e. The second kappa shape index (κ2) is 6.19. The number of hydrogen-bond donors (Lipinski definition) is 1. The highest BCUT2D eigenvalue weighted by Crippen LogP contribution is 2.31. The lowest BCUT2D eigenvalue weighted by atomic mass is 9.94. The summed E-state index contributed by atoms with van der Waals surface area (Å²) in [5, 5.41) is 0. The zero-order valence-corrected chi connectivity index (χ0v) is 11.5. The third-order valence-electron chi connectivity index (χ3n) is 3.93. The summed E-state index contributed by atoms with van der Waals surface area (Å²) in [6, 6.07) is 4.18. The summed E-state index contributed by atoms with van der Waals surface area (Å²) in [7, 11) is 0. The molecule has 1 N–H and O–H groups in total. The van der Waals surface area contributed by atoms with Gasteiger partial charge >= 0.3 is 0 Å². The number of likely N-dealkylation sites (tertiary alicyclic amines) is 1. The number of aromatic nitrogens is 1. The van der Waals surface area contributed by atoms with Crippen LogP contribution in [0.2, 0.25) is 0 Å². The van der Waals surface area contributed by atoms with Crippen LogP contribution in [-0.2, 0) is 0 Å². The third kappa shape index (κ3) is 3.02. The molecule has 0 amide bonds. The predicted octanol–water partition coefficient (Wildman–Crippen LogP) is 3.01. The van der Waals surface area contributed by atoms with E-state index in [4.69, 9.17) is 0 Å². The zero-order chi connectivity index (χ0) is 13.0. The lowest BCUT2D eigenvalue weighted by molar-refractivity contribution is 0.146. The number of aryl methyl sites for hydroxylation is 1. The van der Waals surface area contributed by atoms with E-state index in [9.17, 15) is 4.79 Å². The highest BCUT2D eigenvalue weighted by Gasteiger charge is 2.24. The van der Waals surface area contributed by atoms with Crippen molar-refractivity contribution in [3.05, 3.63) is 33.7 Å². The fourth-order valence-electron chi connectivity index (χ4n) is 2.92. The number of nitrogens with zero attached hydrogens (tertiary/aromatic N) is 1. The molecule has 0 radical (unpaired) electrons. The molecule has 3 heteroatoms. The smallest absolute Gasteiger partial charge is 0.248 e. The van der Waals surface area contributed by atoms with Gasteiger partial charge in [-0.1, -0.05) is 25.8 Å². The van der Waals surface area contributed by atoms with Crippen molar-refractivity contribution < 1.29 is 0 Å². The molecule has 1 fully saturated rings. The predicted molar refractivity (Wildman–Crippen MR) is 74.9 cm³/mol. The van der Waals surface area contributed by atoms with Gasteiger partial charge in [0.1, 0.15) is 0 Å². The molecule has 1 unspecified atom stereocenters. The summed E-state index contributed by atoms with van der Waals surface area (Å²) >= 11 is 0. The van der Waals surface area contributed by atoms with E-state index in [0.29, 0.717) is 6.04 Å². The third-order valence-corrected chi connectivity index (χ3v) is 3.93. The van der Waals surface area contributed by atoms with Gasteiger partial charge in [-0.15, -0.1) is 0 Å². The summed E-state index contributed by atoms with van der Waals surface area (Å²) in [6.45, 7) is 6.64. The number of rotatable bonds is 4. The Morgan fingerprint density at radius 2 is 2.22 bits per heavy atom. The minimum absolute atomic E-state index is 0.00664. The molecule has 0 bridgehead atoms. The van der Waals surface area contributed by atoms with Gasteiger partial charge in [0.2, 0.25) is 5.56 Å². The van der Waals surface area contributed by atoms with Crippen LogP contribution in [0.25, 0.3) is 0 Å². The molecule has 1 aromatic heterocycles. The molecule has 3 nitrogen and oxygen atoms in total. The Morgan fingerprint density at radius 1 is 1.39 bits per heavy atom. The summed E-state index contributed by atoms with van der Waals surface area (Å²) in [5.41, 5.74) is 2.36. The number of unbranched alkanes of at least 4 members (excludes halogenated alkanes) is 1. The molecule has 0 saturated carbocycles. The maximum absolute atomic E-state index is 11.3. The molecule has 1 aliphatic heterocycles. The molecule has 2 rings (SSSR count). The van der Waals surface area contributed by atoms with Gasteiger partial charge < -0.3 is 4.98 Å². The molecule has 1 aliphatic rings. The molecule has 18 heavy (non-hydrogen) atoms. The topological polar surface area (TPSA) is 36.1 Å². The second-order valence-corrected chi connectivity index (χ2v) is 5.30. The summed E-state index contributed by atoms with van der Waals surface area (Å²) in [4.78, 5) is 16.8. The van der Waals surface area contributed by atoms with Crippen molar-refractivity contribution >= 4 is 0 Å². The van der Waals surface area contributed by atoms with Crippen molar-refractivity contribution in [2.45, 2.75) is 52.0 Å². The Bertz CT molecular complexity index is 438. The standard InChI is InChI=1S/C15H24N2O/c1-3-4-10-17-11-6-5-7-14(17)13-8-9-15(18)16-12(13)2/h8-9,14H,3-7,10-11H2,1-2H3,(H,16,18). The van der Waals surface area contributed by atoms with E-state index in [1.807, 2.05) is 13.0 Å². The fraction of sp³-hybridized carbons (Fsp3) is 0.667. The Hall–Kier alpha value is -1.09. The second-order valence-electron chi connectivity index (χ2n) is 5.30. The lowest BCUT2D eigenvalue weighted by Gasteiger charge is -2.36. The number of pyridine rings is 1. The van der Waals surface area contributed by atoms with Gasteiger partial charge in [-0.3, -0.25) is 9.69 Å². The molecule has 0 aromatic carbocycles. The number of nitrogens with one attached hydrogen (secondary N) is 1. The molecule has 0 spiro atoms. The average Bonchev–Trinajstić information content (AvgIpc) is 2.37. The van der Waals surface area contributed by atoms with E-state index in [2.05, 4.69) is 16.8 Å². The summed E-state index contributed by atoms with van der Waals surface area (Å²) < 4.78 is 0. The highest BCUT2D eigenvalue weighted by atomic mass is 16.1.